The van der Waals surface area contributed by atoms with Crippen molar-refractivity contribution in [2.45, 2.75) is 70.4 Å². The minimum absolute atomic E-state index is 0. The molecule has 2 atom stereocenters. The lowest BCUT2D eigenvalue weighted by atomic mass is 9.93. The van der Waals surface area contributed by atoms with E-state index in [0.29, 0.717) is 11.9 Å². The Morgan fingerprint density at radius 3 is 2.33 bits per heavy atom. The van der Waals surface area contributed by atoms with Crippen molar-refractivity contribution in [1.82, 2.24) is 4.90 Å². The van der Waals surface area contributed by atoms with Crippen LogP contribution in [0.4, 0.5) is 0 Å². The normalized spacial score (nSPS) is 28.8. The predicted octanol–water partition coefficient (Wildman–Crippen LogP) is 2.72. The van der Waals surface area contributed by atoms with E-state index >= 15 is 0 Å². The molecule has 2 unspecified atom stereocenters. The number of carbonyl (C=O) groups is 1. The second kappa shape index (κ2) is 7.34. The van der Waals surface area contributed by atoms with Crippen molar-refractivity contribution in [3.8, 4) is 0 Å². The van der Waals surface area contributed by atoms with Gasteiger partial charge in [0.05, 0.1) is 0 Å². The minimum atomic E-state index is 0. The van der Waals surface area contributed by atoms with Crippen LogP contribution in [0.2, 0.25) is 0 Å². The smallest absolute Gasteiger partial charge is 0.225 e. The molecule has 0 radical (unpaired) electrons. The van der Waals surface area contributed by atoms with E-state index in [1.165, 1.54) is 32.1 Å². The Bertz CT molecular complexity index is 267. The molecule has 2 rings (SSSR count). The zero-order chi connectivity index (χ0) is 12.3. The zero-order valence-corrected chi connectivity index (χ0v) is 12.3. The fraction of sp³-hybridized carbons (Fsp3) is 0.929. The van der Waals surface area contributed by atoms with Gasteiger partial charge in [-0.2, -0.15) is 0 Å². The maximum absolute atomic E-state index is 12.5. The van der Waals surface area contributed by atoms with E-state index in [0.717, 1.165) is 25.8 Å². The summed E-state index contributed by atoms with van der Waals surface area (Å²) in [5.74, 6) is 0.597. The summed E-state index contributed by atoms with van der Waals surface area (Å²) >= 11 is 0. The zero-order valence-electron chi connectivity index (χ0n) is 11.4. The van der Waals surface area contributed by atoms with Crippen molar-refractivity contribution in [3.05, 3.63) is 0 Å². The quantitative estimate of drug-likeness (QED) is 0.860. The summed E-state index contributed by atoms with van der Waals surface area (Å²) in [6, 6.07) is 0.770. The topological polar surface area (TPSA) is 46.3 Å². The highest BCUT2D eigenvalue weighted by molar-refractivity contribution is 5.85. The Kier molecular flexibility index (Phi) is 6.44. The van der Waals surface area contributed by atoms with Crippen molar-refractivity contribution in [2.75, 3.05) is 6.54 Å². The van der Waals surface area contributed by atoms with E-state index in [2.05, 4.69) is 11.8 Å². The van der Waals surface area contributed by atoms with Crippen LogP contribution < -0.4 is 5.73 Å². The highest BCUT2D eigenvalue weighted by atomic mass is 35.5. The molecule has 106 valence electrons. The van der Waals surface area contributed by atoms with Crippen molar-refractivity contribution < 1.29 is 4.79 Å². The monoisotopic (exact) mass is 274 g/mol. The van der Waals surface area contributed by atoms with Crippen LogP contribution in [0.3, 0.4) is 0 Å². The van der Waals surface area contributed by atoms with Gasteiger partial charge < -0.3 is 10.6 Å². The van der Waals surface area contributed by atoms with Gasteiger partial charge >= 0.3 is 0 Å². The van der Waals surface area contributed by atoms with Crippen LogP contribution in [0.1, 0.15) is 58.3 Å². The molecule has 0 heterocycles. The van der Waals surface area contributed by atoms with Gasteiger partial charge in [0.15, 0.2) is 0 Å². The molecule has 2 N–H and O–H groups in total. The van der Waals surface area contributed by atoms with Crippen LogP contribution in [0, 0.1) is 5.92 Å². The Labute approximate surface area is 117 Å². The summed E-state index contributed by atoms with van der Waals surface area (Å²) in [6.07, 6.45) is 9.27. The number of halogens is 1. The molecule has 0 aromatic rings. The Morgan fingerprint density at radius 2 is 1.83 bits per heavy atom. The maximum Gasteiger partial charge on any atom is 0.225 e. The van der Waals surface area contributed by atoms with Crippen molar-refractivity contribution in [1.29, 1.82) is 0 Å². The fourth-order valence-electron chi connectivity index (χ4n) is 3.46. The molecule has 2 aliphatic carbocycles. The maximum atomic E-state index is 12.5. The highest BCUT2D eigenvalue weighted by Gasteiger charge is 2.33. The summed E-state index contributed by atoms with van der Waals surface area (Å²) in [4.78, 5) is 14.6. The standard InChI is InChI=1S/C14H26N2O.ClH/c1-2-16(13-6-4-3-5-7-13)14(17)11-8-9-12(15)10-11;/h11-13H,2-10,15H2,1H3;1H. The van der Waals surface area contributed by atoms with Gasteiger partial charge in [0.25, 0.3) is 0 Å². The van der Waals surface area contributed by atoms with Crippen LogP contribution >= 0.6 is 12.4 Å². The summed E-state index contributed by atoms with van der Waals surface area (Å²) in [5, 5.41) is 0. The van der Waals surface area contributed by atoms with Crippen LogP contribution in [0.25, 0.3) is 0 Å². The number of amides is 1. The first-order valence-electron chi connectivity index (χ1n) is 7.28. The van der Waals surface area contributed by atoms with E-state index in [-0.39, 0.29) is 24.4 Å². The minimum Gasteiger partial charge on any atom is -0.340 e. The largest absolute Gasteiger partial charge is 0.340 e. The second-order valence-electron chi connectivity index (χ2n) is 5.69. The van der Waals surface area contributed by atoms with Gasteiger partial charge in [0, 0.05) is 24.5 Å². The average molecular weight is 275 g/mol. The molecule has 0 aromatic heterocycles. The third kappa shape index (κ3) is 3.61. The van der Waals surface area contributed by atoms with Crippen LogP contribution in [-0.4, -0.2) is 29.4 Å². The molecule has 0 aromatic carbocycles. The van der Waals surface area contributed by atoms with Crippen LogP contribution in [-0.2, 0) is 4.79 Å². The van der Waals surface area contributed by atoms with Gasteiger partial charge in [-0.3, -0.25) is 4.79 Å². The van der Waals surface area contributed by atoms with Gasteiger partial charge in [-0.1, -0.05) is 19.3 Å². The number of rotatable bonds is 3. The van der Waals surface area contributed by atoms with Gasteiger partial charge in [-0.15, -0.1) is 12.4 Å². The van der Waals surface area contributed by atoms with Crippen LogP contribution in [0.5, 0.6) is 0 Å². The van der Waals surface area contributed by atoms with E-state index in [1.54, 1.807) is 0 Å². The lowest BCUT2D eigenvalue weighted by molar-refractivity contribution is -0.138. The van der Waals surface area contributed by atoms with E-state index in [4.69, 9.17) is 5.73 Å². The molecule has 0 spiro atoms. The lowest BCUT2D eigenvalue weighted by Crippen LogP contribution is -2.44. The molecule has 2 saturated carbocycles. The Balaban J connectivity index is 0.00000162. The second-order valence-corrected chi connectivity index (χ2v) is 5.69. The first-order chi connectivity index (χ1) is 8.22. The molecule has 0 bridgehead atoms. The van der Waals surface area contributed by atoms with E-state index in [9.17, 15) is 4.79 Å². The first-order valence-corrected chi connectivity index (χ1v) is 7.28. The highest BCUT2D eigenvalue weighted by Crippen LogP contribution is 2.29. The summed E-state index contributed by atoms with van der Waals surface area (Å²) in [6.45, 7) is 2.98. The Morgan fingerprint density at radius 1 is 1.17 bits per heavy atom. The SMILES string of the molecule is CCN(C(=O)C1CCC(N)C1)C1CCCCC1.Cl. The fourth-order valence-corrected chi connectivity index (χ4v) is 3.46. The van der Waals surface area contributed by atoms with Crippen molar-refractivity contribution in [3.63, 3.8) is 0 Å². The summed E-state index contributed by atoms with van der Waals surface area (Å²) < 4.78 is 0. The van der Waals surface area contributed by atoms with Gasteiger partial charge in [0.1, 0.15) is 0 Å². The average Bonchev–Trinajstić information content (AvgIpc) is 2.78. The molecule has 2 fully saturated rings. The lowest BCUT2D eigenvalue weighted by Gasteiger charge is -2.35. The molecule has 2 aliphatic rings. The Hall–Kier alpha value is -0.280. The molecule has 0 saturated heterocycles. The molecule has 1 amide bonds. The molecule has 3 nitrogen and oxygen atoms in total. The molecule has 4 heteroatoms. The number of hydrogen-bond acceptors (Lipinski definition) is 2. The number of carbonyl (C=O) groups excluding carboxylic acids is 1. The van der Waals surface area contributed by atoms with Crippen molar-refractivity contribution >= 4 is 18.3 Å². The number of hydrogen-bond donors (Lipinski definition) is 1. The molecular formula is C14H27ClN2O. The third-order valence-corrected chi connectivity index (χ3v) is 4.46. The molecule has 18 heavy (non-hydrogen) atoms. The van der Waals surface area contributed by atoms with Crippen LogP contribution in [0.15, 0.2) is 0 Å². The third-order valence-electron chi connectivity index (χ3n) is 4.46. The summed E-state index contributed by atoms with van der Waals surface area (Å²) in [7, 11) is 0. The molecular weight excluding hydrogens is 248 g/mol. The van der Waals surface area contributed by atoms with Gasteiger partial charge in [-0.25, -0.2) is 0 Å². The number of nitrogens with two attached hydrogens (primary N) is 1. The van der Waals surface area contributed by atoms with E-state index in [1.807, 2.05) is 0 Å². The van der Waals surface area contributed by atoms with Gasteiger partial charge in [0.2, 0.25) is 5.91 Å². The van der Waals surface area contributed by atoms with Crippen molar-refractivity contribution in [2.24, 2.45) is 11.7 Å². The van der Waals surface area contributed by atoms with Gasteiger partial charge in [-0.05, 0) is 39.0 Å². The predicted molar refractivity (Wildman–Crippen MR) is 76.8 cm³/mol. The first kappa shape index (κ1) is 15.8. The number of nitrogens with zero attached hydrogens (tertiary/aromatic N) is 1. The van der Waals surface area contributed by atoms with E-state index < -0.39 is 0 Å². The summed E-state index contributed by atoms with van der Waals surface area (Å²) in [5.41, 5.74) is 5.91. The molecule has 0 aliphatic heterocycles.